The maximum absolute atomic E-state index is 12.3. The van der Waals surface area contributed by atoms with Crippen molar-refractivity contribution < 1.29 is 29.1 Å². The van der Waals surface area contributed by atoms with Crippen LogP contribution in [-0.4, -0.2) is 59.4 Å². The van der Waals surface area contributed by atoms with Crippen molar-refractivity contribution in [3.8, 4) is 0 Å². The molecule has 0 aliphatic heterocycles. The highest BCUT2D eigenvalue weighted by Crippen LogP contribution is 2.08. The highest BCUT2D eigenvalue weighted by atomic mass is 16.4. The molecule has 0 aromatic heterocycles. The van der Waals surface area contributed by atoms with E-state index in [4.69, 9.17) is 11.5 Å². The predicted molar refractivity (Wildman–Crippen MR) is 91.4 cm³/mol. The molecule has 0 radical (unpaired) electrons. The van der Waals surface area contributed by atoms with E-state index in [-0.39, 0.29) is 12.5 Å². The number of nitrogens with one attached hydrogen (secondary N) is 3. The molecule has 11 nitrogen and oxygen atoms in total. The SMILES string of the molecule is CCC(C)C(NC(=O)C(CC(N)=O)NC(=O)C(C)NC(=O)CN)C(=O)O. The normalized spacial score (nSPS) is 15.1. The van der Waals surface area contributed by atoms with Crippen molar-refractivity contribution in [2.45, 2.75) is 51.7 Å². The summed E-state index contributed by atoms with van der Waals surface area (Å²) in [5.41, 5.74) is 10.2. The molecule has 0 rings (SSSR count). The van der Waals surface area contributed by atoms with E-state index in [0.717, 1.165) is 0 Å². The Balaban J connectivity index is 5.14. The standard InChI is InChI=1S/C15H27N5O6/c1-4-7(2)12(15(25)26)20-14(24)9(5-10(17)21)19-13(23)8(3)18-11(22)6-16/h7-9,12H,4-6,16H2,1-3H3,(H2,17,21)(H,18,22)(H,19,23)(H,20,24)(H,25,26). The molecule has 0 spiro atoms. The predicted octanol–water partition coefficient (Wildman–Crippen LogP) is -2.57. The summed E-state index contributed by atoms with van der Waals surface area (Å²) < 4.78 is 0. The zero-order chi connectivity index (χ0) is 20.4. The Labute approximate surface area is 151 Å². The van der Waals surface area contributed by atoms with Gasteiger partial charge >= 0.3 is 5.97 Å². The molecule has 26 heavy (non-hydrogen) atoms. The first-order valence-corrected chi connectivity index (χ1v) is 8.14. The number of primary amides is 1. The number of hydrogen-bond acceptors (Lipinski definition) is 6. The highest BCUT2D eigenvalue weighted by Gasteiger charge is 2.31. The molecular weight excluding hydrogens is 346 g/mol. The summed E-state index contributed by atoms with van der Waals surface area (Å²) in [6.45, 7) is 4.45. The molecule has 0 aliphatic carbocycles. The molecule has 4 atom stereocenters. The minimum atomic E-state index is -1.37. The second kappa shape index (κ2) is 11.0. The van der Waals surface area contributed by atoms with Gasteiger partial charge in [-0.25, -0.2) is 4.79 Å². The van der Waals surface area contributed by atoms with Crippen LogP contribution in [0.1, 0.15) is 33.6 Å². The third-order valence-electron chi connectivity index (χ3n) is 3.77. The zero-order valence-corrected chi connectivity index (χ0v) is 15.1. The molecule has 148 valence electrons. The number of carbonyl (C=O) groups excluding carboxylic acids is 4. The molecule has 0 fully saturated rings. The zero-order valence-electron chi connectivity index (χ0n) is 15.1. The second-order valence-corrected chi connectivity index (χ2v) is 5.93. The minimum Gasteiger partial charge on any atom is -0.480 e. The topological polar surface area (TPSA) is 194 Å². The maximum atomic E-state index is 12.3. The lowest BCUT2D eigenvalue weighted by atomic mass is 9.98. The van der Waals surface area contributed by atoms with Gasteiger partial charge in [0.05, 0.1) is 13.0 Å². The molecule has 0 saturated heterocycles. The Morgan fingerprint density at radius 3 is 2.00 bits per heavy atom. The van der Waals surface area contributed by atoms with E-state index in [1.807, 2.05) is 0 Å². The fraction of sp³-hybridized carbons (Fsp3) is 0.667. The van der Waals surface area contributed by atoms with Crippen molar-refractivity contribution >= 4 is 29.6 Å². The second-order valence-electron chi connectivity index (χ2n) is 5.93. The summed E-state index contributed by atoms with van der Waals surface area (Å²) in [5, 5.41) is 16.1. The Bertz CT molecular complexity index is 553. The van der Waals surface area contributed by atoms with E-state index in [2.05, 4.69) is 16.0 Å². The van der Waals surface area contributed by atoms with E-state index in [1.54, 1.807) is 13.8 Å². The van der Waals surface area contributed by atoms with Crippen molar-refractivity contribution in [1.29, 1.82) is 0 Å². The Morgan fingerprint density at radius 2 is 1.58 bits per heavy atom. The summed E-state index contributed by atoms with van der Waals surface area (Å²) >= 11 is 0. The van der Waals surface area contributed by atoms with Crippen LogP contribution in [0.3, 0.4) is 0 Å². The lowest BCUT2D eigenvalue weighted by Gasteiger charge is -2.24. The van der Waals surface area contributed by atoms with Gasteiger partial charge in [-0.05, 0) is 12.8 Å². The largest absolute Gasteiger partial charge is 0.480 e. The van der Waals surface area contributed by atoms with Crippen molar-refractivity contribution in [3.63, 3.8) is 0 Å². The Hall–Kier alpha value is -2.69. The summed E-state index contributed by atoms with van der Waals surface area (Å²) in [6.07, 6.45) is -0.0335. The van der Waals surface area contributed by atoms with Gasteiger partial charge in [0.2, 0.25) is 23.6 Å². The van der Waals surface area contributed by atoms with Crippen molar-refractivity contribution in [3.05, 3.63) is 0 Å². The van der Waals surface area contributed by atoms with Crippen molar-refractivity contribution in [1.82, 2.24) is 16.0 Å². The van der Waals surface area contributed by atoms with Gasteiger partial charge in [-0.15, -0.1) is 0 Å². The molecular formula is C15H27N5O6. The number of rotatable bonds is 11. The number of carboxylic acid groups (broad SMARTS) is 1. The first-order valence-electron chi connectivity index (χ1n) is 8.14. The molecule has 4 amide bonds. The number of nitrogens with two attached hydrogens (primary N) is 2. The minimum absolute atomic E-state index is 0.321. The van der Waals surface area contributed by atoms with Gasteiger partial charge in [0.25, 0.3) is 0 Å². The van der Waals surface area contributed by atoms with Gasteiger partial charge in [-0.2, -0.15) is 0 Å². The quantitative estimate of drug-likeness (QED) is 0.229. The number of hydrogen-bond donors (Lipinski definition) is 6. The molecule has 0 aromatic carbocycles. The fourth-order valence-corrected chi connectivity index (χ4v) is 2.01. The van der Waals surface area contributed by atoms with Crippen LogP contribution >= 0.6 is 0 Å². The van der Waals surface area contributed by atoms with Crippen LogP contribution < -0.4 is 27.4 Å². The monoisotopic (exact) mass is 373 g/mol. The van der Waals surface area contributed by atoms with E-state index in [1.165, 1.54) is 6.92 Å². The van der Waals surface area contributed by atoms with Gasteiger partial charge < -0.3 is 32.5 Å². The number of aliphatic carboxylic acids is 1. The Kier molecular flexibility index (Phi) is 9.89. The Morgan fingerprint density at radius 1 is 1.00 bits per heavy atom. The molecule has 0 aliphatic rings. The van der Waals surface area contributed by atoms with Crippen LogP contribution in [0.5, 0.6) is 0 Å². The smallest absolute Gasteiger partial charge is 0.326 e. The van der Waals surface area contributed by atoms with Crippen LogP contribution in [-0.2, 0) is 24.0 Å². The molecule has 11 heteroatoms. The molecule has 4 unspecified atom stereocenters. The van der Waals surface area contributed by atoms with Crippen molar-refractivity contribution in [2.24, 2.45) is 17.4 Å². The summed E-state index contributed by atoms with van der Waals surface area (Å²) in [7, 11) is 0. The highest BCUT2D eigenvalue weighted by molar-refractivity contribution is 5.95. The van der Waals surface area contributed by atoms with Crippen LogP contribution in [0.4, 0.5) is 0 Å². The molecule has 0 bridgehead atoms. The molecule has 0 aromatic rings. The van der Waals surface area contributed by atoms with Crippen molar-refractivity contribution in [2.75, 3.05) is 6.54 Å². The number of carbonyl (C=O) groups is 5. The van der Waals surface area contributed by atoms with Gasteiger partial charge in [0, 0.05) is 0 Å². The van der Waals surface area contributed by atoms with Gasteiger partial charge in [0.1, 0.15) is 18.1 Å². The first kappa shape index (κ1) is 23.3. The average Bonchev–Trinajstić information content (AvgIpc) is 2.56. The third kappa shape index (κ3) is 7.92. The first-order chi connectivity index (χ1) is 12.0. The lowest BCUT2D eigenvalue weighted by molar-refractivity contribution is -0.144. The van der Waals surface area contributed by atoms with Gasteiger partial charge in [0.15, 0.2) is 0 Å². The molecule has 8 N–H and O–H groups in total. The number of amides is 4. The summed E-state index contributed by atoms with van der Waals surface area (Å²) in [5.74, 6) is -4.65. The lowest BCUT2D eigenvalue weighted by Crippen LogP contribution is -2.57. The van der Waals surface area contributed by atoms with Gasteiger partial charge in [-0.1, -0.05) is 20.3 Å². The van der Waals surface area contributed by atoms with Gasteiger partial charge in [-0.3, -0.25) is 19.2 Å². The third-order valence-corrected chi connectivity index (χ3v) is 3.77. The van der Waals surface area contributed by atoms with Crippen LogP contribution in [0.15, 0.2) is 0 Å². The fourth-order valence-electron chi connectivity index (χ4n) is 2.01. The van der Waals surface area contributed by atoms with E-state index in [9.17, 15) is 29.1 Å². The summed E-state index contributed by atoms with van der Waals surface area (Å²) in [6, 6.07) is -3.57. The van der Waals surface area contributed by atoms with E-state index < -0.39 is 54.1 Å². The van der Waals surface area contributed by atoms with E-state index >= 15 is 0 Å². The summed E-state index contributed by atoms with van der Waals surface area (Å²) in [4.78, 5) is 58.1. The molecule has 0 heterocycles. The van der Waals surface area contributed by atoms with E-state index in [0.29, 0.717) is 6.42 Å². The van der Waals surface area contributed by atoms with Crippen LogP contribution in [0.2, 0.25) is 0 Å². The van der Waals surface area contributed by atoms with Crippen LogP contribution in [0, 0.1) is 5.92 Å². The molecule has 0 saturated carbocycles. The number of carboxylic acids is 1. The maximum Gasteiger partial charge on any atom is 0.326 e. The van der Waals surface area contributed by atoms with Crippen LogP contribution in [0.25, 0.3) is 0 Å². The average molecular weight is 373 g/mol.